The summed E-state index contributed by atoms with van der Waals surface area (Å²) in [6.07, 6.45) is 0.303. The van der Waals surface area contributed by atoms with Crippen molar-refractivity contribution in [3.63, 3.8) is 0 Å². The summed E-state index contributed by atoms with van der Waals surface area (Å²) >= 11 is 2.85. The van der Waals surface area contributed by atoms with E-state index in [0.717, 1.165) is 54.0 Å². The van der Waals surface area contributed by atoms with E-state index < -0.39 is 0 Å². The van der Waals surface area contributed by atoms with Crippen LogP contribution in [0.4, 0.5) is 0 Å². The zero-order valence-electron chi connectivity index (χ0n) is 7.24. The molecule has 4 atom stereocenters. The van der Waals surface area contributed by atoms with E-state index in [0.29, 0.717) is 8.67 Å². The average molecular weight is 451 g/mol. The van der Waals surface area contributed by atoms with Crippen molar-refractivity contribution >= 4 is 61.6 Å². The molecule has 2 rings (SSSR count). The fraction of sp³-hybridized carbons (Fsp3) is 1.00. The second kappa shape index (κ2) is 5.84. The predicted molar refractivity (Wildman–Crippen MR) is 68.4 cm³/mol. The summed E-state index contributed by atoms with van der Waals surface area (Å²) in [7, 11) is 0. The molecule has 2 nitrogen and oxygen atoms in total. The molecule has 13 heavy (non-hydrogen) atoms. The molecule has 0 saturated carbocycles. The summed E-state index contributed by atoms with van der Waals surface area (Å²) in [4.78, 5) is 0. The molecule has 0 aliphatic heterocycles. The van der Waals surface area contributed by atoms with Crippen molar-refractivity contribution in [1.82, 2.24) is 0 Å². The van der Waals surface area contributed by atoms with Crippen molar-refractivity contribution in [2.24, 2.45) is 0 Å². The average Bonchev–Trinajstić information content (AvgIpc) is 2.65. The molecule has 76 valence electrons. The predicted octanol–water partition coefficient (Wildman–Crippen LogP) is 2.57. The van der Waals surface area contributed by atoms with Gasteiger partial charge in [-0.3, -0.25) is 0 Å². The van der Waals surface area contributed by atoms with Crippen LogP contribution in [-0.4, -0.2) is 54.0 Å². The molecule has 2 aromatic rings. The van der Waals surface area contributed by atoms with Gasteiger partial charge in [0.15, 0.2) is 0 Å². The topological polar surface area (TPSA) is 18.5 Å². The van der Waals surface area contributed by atoms with Gasteiger partial charge in [-0.25, -0.2) is 0 Å². The van der Waals surface area contributed by atoms with E-state index >= 15 is 0 Å². The molecule has 0 aliphatic rings. The zero-order chi connectivity index (χ0) is 9.26. The molecule has 2 bridgehead atoms. The maximum absolute atomic E-state index is 5.89. The molecule has 4 unspecified atom stereocenters. The molecule has 2 aromatic heterocycles. The molecule has 0 aromatic carbocycles. The molecular formula is C4H10O2P4Se3. The van der Waals surface area contributed by atoms with Crippen molar-refractivity contribution in [2.45, 2.75) is 13.8 Å². The number of hydrogen-bond donors (Lipinski definition) is 0. The monoisotopic (exact) mass is 454 g/mol. The van der Waals surface area contributed by atoms with Gasteiger partial charge in [0.2, 0.25) is 0 Å². The van der Waals surface area contributed by atoms with Gasteiger partial charge >= 0.3 is 97.7 Å². The van der Waals surface area contributed by atoms with Gasteiger partial charge < -0.3 is 0 Å². The number of fused-ring (bicyclic) bond motifs is 2. The van der Waals surface area contributed by atoms with Gasteiger partial charge in [0.05, 0.1) is 0 Å². The Labute approximate surface area is 96.9 Å². The van der Waals surface area contributed by atoms with Crippen LogP contribution in [0.5, 0.6) is 0 Å². The van der Waals surface area contributed by atoms with Crippen LogP contribution in [0.3, 0.4) is 0 Å². The Bertz CT molecular complexity index is 357. The van der Waals surface area contributed by atoms with E-state index in [-0.39, 0.29) is 12.2 Å². The van der Waals surface area contributed by atoms with E-state index in [4.69, 9.17) is 9.05 Å². The van der Waals surface area contributed by atoms with E-state index in [1.165, 1.54) is 0 Å². The molecule has 0 radical (unpaired) electrons. The van der Waals surface area contributed by atoms with Crippen molar-refractivity contribution in [3.8, 4) is 0 Å². The van der Waals surface area contributed by atoms with Crippen molar-refractivity contribution in [3.05, 3.63) is 0 Å². The van der Waals surface area contributed by atoms with Gasteiger partial charge in [-0.2, -0.15) is 0 Å². The summed E-state index contributed by atoms with van der Waals surface area (Å²) < 4.78 is 12.7. The Kier molecular flexibility index (Phi) is 5.46. The van der Waals surface area contributed by atoms with Crippen LogP contribution in [0, 0.1) is 0 Å². The van der Waals surface area contributed by atoms with Crippen LogP contribution >= 0.6 is 20.9 Å². The minimum absolute atomic E-state index is 0.152. The summed E-state index contributed by atoms with van der Waals surface area (Å²) in [5.74, 6) is 0. The third-order valence-corrected chi connectivity index (χ3v) is 108. The van der Waals surface area contributed by atoms with Gasteiger partial charge in [0.1, 0.15) is 0 Å². The van der Waals surface area contributed by atoms with E-state index in [9.17, 15) is 0 Å². The first kappa shape index (κ1) is 12.1. The van der Waals surface area contributed by atoms with Crippen molar-refractivity contribution in [2.75, 3.05) is 13.2 Å². The molecule has 0 spiro atoms. The van der Waals surface area contributed by atoms with E-state index in [2.05, 4.69) is 13.8 Å². The number of rotatable bonds is 4. The van der Waals surface area contributed by atoms with Crippen molar-refractivity contribution in [1.29, 1.82) is 0 Å². The van der Waals surface area contributed by atoms with Gasteiger partial charge in [-0.15, -0.1) is 0 Å². The quantitative estimate of drug-likeness (QED) is 0.667. The van der Waals surface area contributed by atoms with Crippen LogP contribution in [0.1, 0.15) is 13.8 Å². The molecule has 0 aliphatic carbocycles. The molecular weight excluding hydrogens is 441 g/mol. The summed E-state index contributed by atoms with van der Waals surface area (Å²) in [5.41, 5.74) is 0. The third kappa shape index (κ3) is 2.87. The normalized spacial score (nSPS) is 17.1. The van der Waals surface area contributed by atoms with Crippen LogP contribution < -0.4 is 9.05 Å². The van der Waals surface area contributed by atoms with Crippen LogP contribution in [0.2, 0.25) is 0 Å². The molecule has 2 heterocycles. The third-order valence-electron chi connectivity index (χ3n) is 1.16. The van der Waals surface area contributed by atoms with Crippen LogP contribution in [-0.2, 0) is 0 Å². The zero-order valence-corrected chi connectivity index (χ0v) is 16.0. The minimum atomic E-state index is 0.152. The second-order valence-electron chi connectivity index (χ2n) is 2.03. The van der Waals surface area contributed by atoms with E-state index in [1.807, 2.05) is 0 Å². The Morgan fingerprint density at radius 3 is 1.62 bits per heavy atom. The maximum atomic E-state index is 5.89. The SMILES string of the molecule is CCOp1[se]p2[se]p1[se]p2OCC. The van der Waals surface area contributed by atoms with Gasteiger partial charge in [-0.05, 0) is 0 Å². The summed E-state index contributed by atoms with van der Waals surface area (Å²) in [6, 6.07) is 0. The Balaban J connectivity index is 2.28. The fourth-order valence-electron chi connectivity index (χ4n) is 0.750. The fourth-order valence-corrected chi connectivity index (χ4v) is 218. The summed E-state index contributed by atoms with van der Waals surface area (Å²) in [5, 5.41) is 0. The van der Waals surface area contributed by atoms with Crippen LogP contribution in [0.15, 0.2) is 0 Å². The summed E-state index contributed by atoms with van der Waals surface area (Å²) in [6.45, 7) is 6.24. The van der Waals surface area contributed by atoms with Crippen LogP contribution in [0.25, 0.3) is 0 Å². The van der Waals surface area contributed by atoms with Gasteiger partial charge in [0.25, 0.3) is 0 Å². The van der Waals surface area contributed by atoms with Crippen molar-refractivity contribution < 1.29 is 9.05 Å². The standard InChI is InChI=1S/C4H10O2P4Se3/c1-3-5-7-9-12-8(6-4-2)10(11-7)13-9/h3-4H2,1-2H3. The molecule has 9 heteroatoms. The Morgan fingerprint density at radius 1 is 0.846 bits per heavy atom. The Morgan fingerprint density at radius 2 is 1.31 bits per heavy atom. The molecule has 0 fully saturated rings. The first-order valence-electron chi connectivity index (χ1n) is 3.85. The first-order valence-corrected chi connectivity index (χ1v) is 23.8. The number of hydrogen-bond acceptors (Lipinski definition) is 2. The van der Waals surface area contributed by atoms with Gasteiger partial charge in [-0.1, -0.05) is 0 Å². The molecule has 0 amide bonds. The molecule has 0 saturated heterocycles. The molecule has 0 N–H and O–H groups in total. The van der Waals surface area contributed by atoms with E-state index in [1.54, 1.807) is 0 Å². The second-order valence-corrected chi connectivity index (χ2v) is 51.6. The Hall–Kier alpha value is 2.68. The van der Waals surface area contributed by atoms with Gasteiger partial charge in [0, 0.05) is 0 Å². The first-order chi connectivity index (χ1) is 6.35.